The van der Waals surface area contributed by atoms with Crippen LogP contribution in [0.4, 0.5) is 0 Å². The van der Waals surface area contributed by atoms with E-state index >= 15 is 0 Å². The summed E-state index contributed by atoms with van der Waals surface area (Å²) in [5.41, 5.74) is 3.83. The van der Waals surface area contributed by atoms with Crippen LogP contribution in [-0.2, 0) is 4.79 Å². The van der Waals surface area contributed by atoms with Crippen LogP contribution in [0.1, 0.15) is 50.0 Å². The molecule has 80 valence electrons. The Labute approximate surface area is 78.0 Å². The molecule has 0 saturated heterocycles. The zero-order chi connectivity index (χ0) is 6.78. The molecule has 0 spiro atoms. The second kappa shape index (κ2) is 10.4. The number of carbonyl (C=O) groups excluding carboxylic acids is 1. The molecule has 0 radical (unpaired) electrons. The second-order valence-electron chi connectivity index (χ2n) is 2.46. The summed E-state index contributed by atoms with van der Waals surface area (Å²) in [6, 6.07) is 0. The van der Waals surface area contributed by atoms with E-state index in [1.807, 2.05) is 0 Å². The Balaban J connectivity index is -0.0000000408. The van der Waals surface area contributed by atoms with Crippen molar-refractivity contribution >= 4 is 5.91 Å². The molecule has 0 fully saturated rings. The van der Waals surface area contributed by atoms with Crippen LogP contribution < -0.4 is 5.73 Å². The normalized spacial score (nSPS) is 7.58. The van der Waals surface area contributed by atoms with Crippen molar-refractivity contribution in [2.24, 2.45) is 5.73 Å². The van der Waals surface area contributed by atoms with E-state index in [4.69, 9.17) is 10.8 Å². The standard InChI is InChI=1S/C5H11NO2.4CH4/c1-5(2,8)3-4(6)7;;;;/h8H,3H2,1-2H3,(H2,6,7);4*1H4. The molecule has 1 amide bonds. The average molecular weight is 181 g/mol. The monoisotopic (exact) mass is 181 g/mol. The minimum absolute atomic E-state index is 0. The summed E-state index contributed by atoms with van der Waals surface area (Å²) in [5.74, 6) is -0.475. The van der Waals surface area contributed by atoms with Crippen LogP contribution in [0.15, 0.2) is 0 Å². The first-order valence-electron chi connectivity index (χ1n) is 2.42. The number of aliphatic hydroxyl groups is 1. The van der Waals surface area contributed by atoms with Crippen molar-refractivity contribution in [2.75, 3.05) is 0 Å². The first kappa shape index (κ1) is 30.1. The van der Waals surface area contributed by atoms with Crippen molar-refractivity contribution in [3.63, 3.8) is 0 Å². The maximum absolute atomic E-state index is 10.1. The average Bonchev–Trinajstić information content (AvgIpc) is 1.21. The molecular weight excluding hydrogens is 154 g/mol. The molecule has 0 heterocycles. The highest BCUT2D eigenvalue weighted by atomic mass is 16.3. The van der Waals surface area contributed by atoms with E-state index in [2.05, 4.69) is 0 Å². The van der Waals surface area contributed by atoms with Crippen molar-refractivity contribution < 1.29 is 9.90 Å². The van der Waals surface area contributed by atoms with E-state index in [9.17, 15) is 4.79 Å². The Kier molecular flexibility index (Phi) is 26.1. The summed E-state index contributed by atoms with van der Waals surface area (Å²) in [6.45, 7) is 3.08. The summed E-state index contributed by atoms with van der Waals surface area (Å²) in [4.78, 5) is 10.1. The van der Waals surface area contributed by atoms with Gasteiger partial charge in [0.1, 0.15) is 0 Å². The summed E-state index contributed by atoms with van der Waals surface area (Å²) < 4.78 is 0. The van der Waals surface area contributed by atoms with Crippen LogP contribution in [0.3, 0.4) is 0 Å². The number of primary amides is 1. The molecule has 0 aliphatic rings. The molecule has 0 saturated carbocycles. The van der Waals surface area contributed by atoms with Crippen molar-refractivity contribution in [1.29, 1.82) is 0 Å². The number of hydrogen-bond acceptors (Lipinski definition) is 2. The predicted octanol–water partition coefficient (Wildman–Crippen LogP) is 2.18. The Morgan fingerprint density at radius 3 is 1.50 bits per heavy atom. The Morgan fingerprint density at radius 2 is 1.50 bits per heavy atom. The highest BCUT2D eigenvalue weighted by Gasteiger charge is 2.14. The van der Waals surface area contributed by atoms with E-state index in [0.717, 1.165) is 0 Å². The smallest absolute Gasteiger partial charge is 0.220 e. The lowest BCUT2D eigenvalue weighted by molar-refractivity contribution is -0.121. The van der Waals surface area contributed by atoms with Gasteiger partial charge in [-0.15, -0.1) is 0 Å². The summed E-state index contributed by atoms with van der Waals surface area (Å²) in [6.07, 6.45) is 0.0208. The molecule has 0 aromatic rings. The SMILES string of the molecule is C.C.C.C.CC(C)(O)CC(N)=O. The third-order valence-corrected chi connectivity index (χ3v) is 0.607. The molecule has 3 nitrogen and oxygen atoms in total. The van der Waals surface area contributed by atoms with Crippen LogP contribution in [-0.4, -0.2) is 16.6 Å². The lowest BCUT2D eigenvalue weighted by Gasteiger charge is -2.12. The molecule has 0 bridgehead atoms. The van der Waals surface area contributed by atoms with E-state index in [-0.39, 0.29) is 36.1 Å². The van der Waals surface area contributed by atoms with Gasteiger partial charge in [0.15, 0.2) is 0 Å². The molecule has 3 N–H and O–H groups in total. The van der Waals surface area contributed by atoms with E-state index < -0.39 is 11.5 Å². The van der Waals surface area contributed by atoms with Gasteiger partial charge >= 0.3 is 0 Å². The first-order valence-corrected chi connectivity index (χ1v) is 2.42. The van der Waals surface area contributed by atoms with Crippen LogP contribution in [0.5, 0.6) is 0 Å². The summed E-state index contributed by atoms with van der Waals surface area (Å²) in [5, 5.41) is 8.89. The molecule has 0 rings (SSSR count). The molecule has 0 aliphatic heterocycles. The maximum Gasteiger partial charge on any atom is 0.220 e. The first-order chi connectivity index (χ1) is 3.42. The third-order valence-electron chi connectivity index (χ3n) is 0.607. The van der Waals surface area contributed by atoms with Gasteiger partial charge in [-0.1, -0.05) is 29.7 Å². The third kappa shape index (κ3) is 34.1. The lowest BCUT2D eigenvalue weighted by Crippen LogP contribution is -2.27. The highest BCUT2D eigenvalue weighted by molar-refractivity contribution is 5.74. The molecule has 0 atom stereocenters. The molecule has 3 heteroatoms. The Hall–Kier alpha value is -0.570. The van der Waals surface area contributed by atoms with E-state index in [0.29, 0.717) is 0 Å². The zero-order valence-electron chi connectivity index (χ0n) is 5.14. The van der Waals surface area contributed by atoms with Gasteiger partial charge in [-0.3, -0.25) is 4.79 Å². The number of carbonyl (C=O) groups is 1. The van der Waals surface area contributed by atoms with Crippen LogP contribution in [0, 0.1) is 0 Å². The van der Waals surface area contributed by atoms with Gasteiger partial charge in [0.25, 0.3) is 0 Å². The minimum Gasteiger partial charge on any atom is -0.390 e. The summed E-state index contributed by atoms with van der Waals surface area (Å²) >= 11 is 0. The lowest BCUT2D eigenvalue weighted by atomic mass is 10.1. The van der Waals surface area contributed by atoms with Gasteiger partial charge in [-0.2, -0.15) is 0 Å². The molecule has 0 aliphatic carbocycles. The van der Waals surface area contributed by atoms with Gasteiger partial charge in [0.2, 0.25) is 5.91 Å². The number of hydrogen-bond donors (Lipinski definition) is 2. The quantitative estimate of drug-likeness (QED) is 0.685. The molecule has 0 unspecified atom stereocenters. The fourth-order valence-corrected chi connectivity index (χ4v) is 0.426. The fourth-order valence-electron chi connectivity index (χ4n) is 0.426. The van der Waals surface area contributed by atoms with Crippen LogP contribution >= 0.6 is 0 Å². The number of nitrogens with two attached hydrogens (primary N) is 1. The Morgan fingerprint density at radius 1 is 1.25 bits per heavy atom. The van der Waals surface area contributed by atoms with Gasteiger partial charge in [0.05, 0.1) is 12.0 Å². The van der Waals surface area contributed by atoms with Crippen LogP contribution in [0.2, 0.25) is 0 Å². The predicted molar refractivity (Wildman–Crippen MR) is 57.0 cm³/mol. The van der Waals surface area contributed by atoms with E-state index in [1.165, 1.54) is 13.8 Å². The molecule has 12 heavy (non-hydrogen) atoms. The van der Waals surface area contributed by atoms with Crippen molar-refractivity contribution in [1.82, 2.24) is 0 Å². The molecule has 0 aromatic carbocycles. The van der Waals surface area contributed by atoms with Crippen molar-refractivity contribution in [3.8, 4) is 0 Å². The van der Waals surface area contributed by atoms with Gasteiger partial charge < -0.3 is 10.8 Å². The van der Waals surface area contributed by atoms with Gasteiger partial charge in [-0.25, -0.2) is 0 Å². The van der Waals surface area contributed by atoms with Crippen molar-refractivity contribution in [3.05, 3.63) is 0 Å². The maximum atomic E-state index is 10.1. The minimum atomic E-state index is -0.953. The fraction of sp³-hybridized carbons (Fsp3) is 0.889. The van der Waals surface area contributed by atoms with Gasteiger partial charge in [0, 0.05) is 0 Å². The molecular formula is C9H27NO2. The van der Waals surface area contributed by atoms with Crippen LogP contribution in [0.25, 0.3) is 0 Å². The number of rotatable bonds is 2. The van der Waals surface area contributed by atoms with Crippen molar-refractivity contribution in [2.45, 2.75) is 55.6 Å². The Bertz CT molecular complexity index is 95.2. The largest absolute Gasteiger partial charge is 0.390 e. The number of amides is 1. The molecule has 0 aromatic heterocycles. The summed E-state index contributed by atoms with van der Waals surface area (Å²) in [7, 11) is 0. The van der Waals surface area contributed by atoms with E-state index in [1.54, 1.807) is 0 Å². The second-order valence-corrected chi connectivity index (χ2v) is 2.46. The highest BCUT2D eigenvalue weighted by Crippen LogP contribution is 2.04. The van der Waals surface area contributed by atoms with Gasteiger partial charge in [-0.05, 0) is 13.8 Å². The zero-order valence-corrected chi connectivity index (χ0v) is 5.14. The topological polar surface area (TPSA) is 63.3 Å².